The standard InChI is InChI=1S/C27H32BrN3O4S/c1-3-5-6-7-8-16-31-24(32)18-23(25(33)29-22-11-9-10-20(28)17-22)36-27(31)30-21-14-12-19(13-15-21)26(34)35-4-2/h9-15,17,23H,3-8,16,18H2,1-2H3,(H,29,33). The van der Waals surface area contributed by atoms with Gasteiger partial charge in [0.05, 0.1) is 17.9 Å². The van der Waals surface area contributed by atoms with Crippen molar-refractivity contribution in [3.63, 3.8) is 0 Å². The summed E-state index contributed by atoms with van der Waals surface area (Å²) in [4.78, 5) is 44.5. The van der Waals surface area contributed by atoms with Crippen molar-refractivity contribution < 1.29 is 19.1 Å². The van der Waals surface area contributed by atoms with Crippen molar-refractivity contribution in [1.82, 2.24) is 4.90 Å². The molecule has 0 saturated carbocycles. The topological polar surface area (TPSA) is 88.1 Å². The smallest absolute Gasteiger partial charge is 0.338 e. The van der Waals surface area contributed by atoms with E-state index in [2.05, 4.69) is 28.2 Å². The summed E-state index contributed by atoms with van der Waals surface area (Å²) in [6.45, 7) is 4.80. The summed E-state index contributed by atoms with van der Waals surface area (Å²) in [6.07, 6.45) is 5.49. The molecule has 1 unspecified atom stereocenters. The first-order valence-corrected chi connectivity index (χ1v) is 14.0. The summed E-state index contributed by atoms with van der Waals surface area (Å²) in [5.41, 5.74) is 1.70. The van der Waals surface area contributed by atoms with Gasteiger partial charge in [-0.05, 0) is 55.8 Å². The van der Waals surface area contributed by atoms with Crippen LogP contribution in [-0.2, 0) is 14.3 Å². The van der Waals surface area contributed by atoms with E-state index in [9.17, 15) is 14.4 Å². The molecule has 7 nitrogen and oxygen atoms in total. The van der Waals surface area contributed by atoms with Crippen molar-refractivity contribution in [2.45, 2.75) is 57.6 Å². The number of carbonyl (C=O) groups excluding carboxylic acids is 3. The predicted molar refractivity (Wildman–Crippen MR) is 149 cm³/mol. The summed E-state index contributed by atoms with van der Waals surface area (Å²) < 4.78 is 5.90. The normalized spacial score (nSPS) is 16.8. The summed E-state index contributed by atoms with van der Waals surface area (Å²) in [5, 5.41) is 2.81. The molecule has 1 saturated heterocycles. The average molecular weight is 575 g/mol. The molecule has 1 N–H and O–H groups in total. The molecule has 9 heteroatoms. The number of thioether (sulfide) groups is 1. The van der Waals surface area contributed by atoms with Crippen molar-refractivity contribution in [2.24, 2.45) is 4.99 Å². The monoisotopic (exact) mass is 573 g/mol. The maximum atomic E-state index is 13.1. The highest BCUT2D eigenvalue weighted by Gasteiger charge is 2.35. The van der Waals surface area contributed by atoms with Gasteiger partial charge in [-0.3, -0.25) is 14.5 Å². The zero-order chi connectivity index (χ0) is 25.9. The Morgan fingerprint density at radius 3 is 2.56 bits per heavy atom. The highest BCUT2D eigenvalue weighted by atomic mass is 79.9. The second-order valence-electron chi connectivity index (χ2n) is 8.43. The lowest BCUT2D eigenvalue weighted by molar-refractivity contribution is -0.129. The molecule has 1 fully saturated rings. The molecule has 1 aliphatic rings. The van der Waals surface area contributed by atoms with Gasteiger partial charge < -0.3 is 10.1 Å². The molecule has 0 radical (unpaired) electrons. The van der Waals surface area contributed by atoms with E-state index in [-0.39, 0.29) is 18.2 Å². The third-order valence-electron chi connectivity index (χ3n) is 5.61. The quantitative estimate of drug-likeness (QED) is 0.243. The van der Waals surface area contributed by atoms with Gasteiger partial charge in [0.25, 0.3) is 0 Å². The van der Waals surface area contributed by atoms with Gasteiger partial charge in [0.2, 0.25) is 11.8 Å². The fraction of sp³-hybridized carbons (Fsp3) is 0.407. The molecule has 2 aromatic carbocycles. The number of anilines is 1. The van der Waals surface area contributed by atoms with Crippen LogP contribution < -0.4 is 5.32 Å². The number of esters is 1. The zero-order valence-corrected chi connectivity index (χ0v) is 23.1. The van der Waals surface area contributed by atoms with Crippen molar-refractivity contribution in [3.05, 3.63) is 58.6 Å². The average Bonchev–Trinajstić information content (AvgIpc) is 2.85. The first kappa shape index (κ1) is 27.9. The summed E-state index contributed by atoms with van der Waals surface area (Å²) >= 11 is 4.71. The van der Waals surface area contributed by atoms with E-state index in [1.54, 1.807) is 42.2 Å². The fourth-order valence-corrected chi connectivity index (χ4v) is 5.24. The van der Waals surface area contributed by atoms with Crippen LogP contribution in [0.1, 0.15) is 62.7 Å². The number of ether oxygens (including phenoxy) is 1. The number of carbonyl (C=O) groups is 3. The SMILES string of the molecule is CCCCCCCN1C(=O)CC(C(=O)Nc2cccc(Br)c2)SC1=Nc1ccc(C(=O)OCC)cc1. The minimum Gasteiger partial charge on any atom is -0.462 e. The lowest BCUT2D eigenvalue weighted by Crippen LogP contribution is -2.45. The molecule has 0 aromatic heterocycles. The Labute approximate surface area is 225 Å². The zero-order valence-electron chi connectivity index (χ0n) is 20.7. The summed E-state index contributed by atoms with van der Waals surface area (Å²) in [6, 6.07) is 14.1. The molecular weight excluding hydrogens is 542 g/mol. The Morgan fingerprint density at radius 1 is 1.11 bits per heavy atom. The number of hydrogen-bond acceptors (Lipinski definition) is 6. The van der Waals surface area contributed by atoms with Gasteiger partial charge >= 0.3 is 5.97 Å². The lowest BCUT2D eigenvalue weighted by atomic mass is 10.1. The molecule has 1 heterocycles. The minimum atomic E-state index is -0.592. The molecule has 0 aliphatic carbocycles. The molecule has 0 bridgehead atoms. The minimum absolute atomic E-state index is 0.111. The van der Waals surface area contributed by atoms with Crippen molar-refractivity contribution in [2.75, 3.05) is 18.5 Å². The number of hydrogen-bond donors (Lipinski definition) is 1. The maximum absolute atomic E-state index is 13.1. The van der Waals surface area contributed by atoms with Gasteiger partial charge in [0, 0.05) is 23.1 Å². The Hall–Kier alpha value is -2.65. The van der Waals surface area contributed by atoms with E-state index in [4.69, 9.17) is 9.73 Å². The Balaban J connectivity index is 1.78. The van der Waals surface area contributed by atoms with E-state index < -0.39 is 11.2 Å². The van der Waals surface area contributed by atoms with Crippen LogP contribution in [0.5, 0.6) is 0 Å². The number of unbranched alkanes of at least 4 members (excludes halogenated alkanes) is 4. The number of amides is 2. The number of halogens is 1. The first-order chi connectivity index (χ1) is 17.4. The number of nitrogens with zero attached hydrogens (tertiary/aromatic N) is 2. The Bertz CT molecular complexity index is 1090. The third-order valence-corrected chi connectivity index (χ3v) is 7.29. The number of benzene rings is 2. The lowest BCUT2D eigenvalue weighted by Gasteiger charge is -2.32. The fourth-order valence-electron chi connectivity index (χ4n) is 3.72. The van der Waals surface area contributed by atoms with Gasteiger partial charge in [-0.2, -0.15) is 0 Å². The molecule has 2 amide bonds. The summed E-state index contributed by atoms with van der Waals surface area (Å²) in [5.74, 6) is -0.739. The molecule has 1 aliphatic heterocycles. The van der Waals surface area contributed by atoms with Gasteiger partial charge in [-0.15, -0.1) is 0 Å². The van der Waals surface area contributed by atoms with Crippen LogP contribution in [0.15, 0.2) is 58.0 Å². The van der Waals surface area contributed by atoms with Crippen LogP contribution in [0.2, 0.25) is 0 Å². The number of nitrogens with one attached hydrogen (secondary N) is 1. The van der Waals surface area contributed by atoms with Crippen LogP contribution in [0.3, 0.4) is 0 Å². The van der Waals surface area contributed by atoms with Gasteiger partial charge in [-0.25, -0.2) is 9.79 Å². The largest absolute Gasteiger partial charge is 0.462 e. The molecule has 2 aromatic rings. The number of aliphatic imine (C=N–C) groups is 1. The maximum Gasteiger partial charge on any atom is 0.338 e. The third kappa shape index (κ3) is 8.20. The number of amidine groups is 1. The second-order valence-corrected chi connectivity index (χ2v) is 10.5. The molecule has 36 heavy (non-hydrogen) atoms. The molecular formula is C27H32BrN3O4S. The van der Waals surface area contributed by atoms with E-state index in [1.807, 2.05) is 18.2 Å². The van der Waals surface area contributed by atoms with E-state index in [0.717, 1.165) is 30.2 Å². The highest BCUT2D eigenvalue weighted by molar-refractivity contribution is 9.10. The van der Waals surface area contributed by atoms with Gasteiger partial charge in [0.1, 0.15) is 5.25 Å². The van der Waals surface area contributed by atoms with Gasteiger partial charge in [0.15, 0.2) is 5.17 Å². The number of rotatable bonds is 11. The summed E-state index contributed by atoms with van der Waals surface area (Å²) in [7, 11) is 0. The van der Waals surface area contributed by atoms with Crippen molar-refractivity contribution in [3.8, 4) is 0 Å². The van der Waals surface area contributed by atoms with Crippen LogP contribution in [-0.4, -0.2) is 46.3 Å². The van der Waals surface area contributed by atoms with Crippen molar-refractivity contribution >= 4 is 62.0 Å². The molecule has 1 atom stereocenters. The first-order valence-electron chi connectivity index (χ1n) is 12.3. The predicted octanol–water partition coefficient (Wildman–Crippen LogP) is 6.56. The molecule has 192 valence electrons. The second kappa shape index (κ2) is 14.2. The van der Waals surface area contributed by atoms with E-state index >= 15 is 0 Å². The molecule has 3 rings (SSSR count). The van der Waals surface area contributed by atoms with Crippen LogP contribution in [0.4, 0.5) is 11.4 Å². The van der Waals surface area contributed by atoms with Crippen LogP contribution >= 0.6 is 27.7 Å². The van der Waals surface area contributed by atoms with E-state index in [0.29, 0.717) is 35.3 Å². The van der Waals surface area contributed by atoms with Crippen LogP contribution in [0, 0.1) is 0 Å². The van der Waals surface area contributed by atoms with E-state index in [1.165, 1.54) is 18.2 Å². The van der Waals surface area contributed by atoms with Crippen LogP contribution in [0.25, 0.3) is 0 Å². The Kier molecular flexibility index (Phi) is 11.0. The van der Waals surface area contributed by atoms with Gasteiger partial charge in [-0.1, -0.05) is 66.4 Å². The highest BCUT2D eigenvalue weighted by Crippen LogP contribution is 2.30. The Morgan fingerprint density at radius 2 is 1.86 bits per heavy atom. The van der Waals surface area contributed by atoms with Crippen molar-refractivity contribution in [1.29, 1.82) is 0 Å². The molecule has 0 spiro atoms.